The minimum absolute atomic E-state index is 0.107. The van der Waals surface area contributed by atoms with Gasteiger partial charge in [-0.1, -0.05) is 12.1 Å². The van der Waals surface area contributed by atoms with Gasteiger partial charge in [-0.3, -0.25) is 0 Å². The molecule has 0 aliphatic heterocycles. The second-order valence-corrected chi connectivity index (χ2v) is 6.06. The van der Waals surface area contributed by atoms with Crippen LogP contribution >= 0.6 is 0 Å². The number of rotatable bonds is 4. The molecule has 102 valence electrons. The Hall–Kier alpha value is -1.73. The van der Waals surface area contributed by atoms with Crippen LogP contribution < -0.4 is 0 Å². The molecule has 2 aromatic rings. The summed E-state index contributed by atoms with van der Waals surface area (Å²) >= 11 is 0. The molecule has 0 bridgehead atoms. The number of nitrogens with one attached hydrogen (secondary N) is 1. The molecular formula is C12H14FN3O2S. The van der Waals surface area contributed by atoms with Crippen molar-refractivity contribution in [3.05, 3.63) is 48.0 Å². The van der Waals surface area contributed by atoms with Gasteiger partial charge in [-0.2, -0.15) is 4.31 Å². The van der Waals surface area contributed by atoms with E-state index in [9.17, 15) is 12.8 Å². The van der Waals surface area contributed by atoms with E-state index >= 15 is 0 Å². The van der Waals surface area contributed by atoms with Gasteiger partial charge in [0.2, 0.25) is 5.16 Å². The van der Waals surface area contributed by atoms with Crippen molar-refractivity contribution < 1.29 is 12.8 Å². The maximum atomic E-state index is 12.9. The Labute approximate surface area is 111 Å². The number of aromatic amines is 1. The van der Waals surface area contributed by atoms with E-state index in [1.54, 1.807) is 19.1 Å². The number of halogens is 1. The molecule has 1 atom stereocenters. The Morgan fingerprint density at radius 1 is 1.32 bits per heavy atom. The lowest BCUT2D eigenvalue weighted by Gasteiger charge is -2.23. The van der Waals surface area contributed by atoms with Crippen LogP contribution in [0.4, 0.5) is 4.39 Å². The predicted molar refractivity (Wildman–Crippen MR) is 68.4 cm³/mol. The van der Waals surface area contributed by atoms with Crippen molar-refractivity contribution in [2.45, 2.75) is 18.1 Å². The van der Waals surface area contributed by atoms with Crippen LogP contribution in [-0.2, 0) is 10.0 Å². The van der Waals surface area contributed by atoms with Crippen molar-refractivity contribution in [2.75, 3.05) is 7.05 Å². The van der Waals surface area contributed by atoms with Crippen LogP contribution in [0.25, 0.3) is 0 Å². The van der Waals surface area contributed by atoms with Gasteiger partial charge in [-0.15, -0.1) is 0 Å². The highest BCUT2D eigenvalue weighted by molar-refractivity contribution is 7.88. The standard InChI is InChI=1S/C12H14FN3O2S/c1-9(10-3-5-11(13)6-4-10)16(2)19(17,18)12-14-7-8-15-12/h3-9H,1-2H3,(H,14,15). The van der Waals surface area contributed by atoms with Crippen LogP contribution in [0.5, 0.6) is 0 Å². The molecule has 1 unspecified atom stereocenters. The summed E-state index contributed by atoms with van der Waals surface area (Å²) in [6.07, 6.45) is 2.83. The quantitative estimate of drug-likeness (QED) is 0.932. The summed E-state index contributed by atoms with van der Waals surface area (Å²) in [6.45, 7) is 1.73. The fourth-order valence-electron chi connectivity index (χ4n) is 1.69. The molecule has 1 aromatic carbocycles. The molecule has 0 aliphatic rings. The van der Waals surface area contributed by atoms with Crippen LogP contribution in [0.2, 0.25) is 0 Å². The maximum Gasteiger partial charge on any atom is 0.277 e. The summed E-state index contributed by atoms with van der Waals surface area (Å²) in [7, 11) is -2.22. The molecule has 2 rings (SSSR count). The number of imidazole rings is 1. The van der Waals surface area contributed by atoms with Crippen LogP contribution in [0.15, 0.2) is 41.8 Å². The first-order valence-electron chi connectivity index (χ1n) is 5.66. The highest BCUT2D eigenvalue weighted by Gasteiger charge is 2.28. The van der Waals surface area contributed by atoms with E-state index < -0.39 is 16.1 Å². The van der Waals surface area contributed by atoms with Gasteiger partial charge in [0, 0.05) is 25.5 Å². The Kier molecular flexibility index (Phi) is 3.68. The molecule has 1 aromatic heterocycles. The summed E-state index contributed by atoms with van der Waals surface area (Å²) in [6, 6.07) is 5.32. The second-order valence-electron chi connectivity index (χ2n) is 4.14. The smallest absolute Gasteiger partial charge is 0.277 e. The largest absolute Gasteiger partial charge is 0.334 e. The van der Waals surface area contributed by atoms with Crippen molar-refractivity contribution in [3.63, 3.8) is 0 Å². The zero-order valence-electron chi connectivity index (χ0n) is 10.5. The lowest BCUT2D eigenvalue weighted by molar-refractivity contribution is 0.394. The number of hydrogen-bond acceptors (Lipinski definition) is 3. The molecule has 7 heteroatoms. The molecule has 0 fully saturated rings. The average Bonchev–Trinajstić information content (AvgIpc) is 2.92. The molecular weight excluding hydrogens is 269 g/mol. The third kappa shape index (κ3) is 2.66. The van der Waals surface area contributed by atoms with Crippen LogP contribution in [0, 0.1) is 5.82 Å². The number of nitrogens with zero attached hydrogens (tertiary/aromatic N) is 2. The SMILES string of the molecule is CC(c1ccc(F)cc1)N(C)S(=O)(=O)c1ncc[nH]1. The van der Waals surface area contributed by atoms with Gasteiger partial charge >= 0.3 is 0 Å². The van der Waals surface area contributed by atoms with Crippen LogP contribution in [0.1, 0.15) is 18.5 Å². The summed E-state index contributed by atoms with van der Waals surface area (Å²) < 4.78 is 38.5. The number of hydrogen-bond donors (Lipinski definition) is 1. The molecule has 0 saturated carbocycles. The normalized spacial score (nSPS) is 13.7. The van der Waals surface area contributed by atoms with Gasteiger partial charge in [0.15, 0.2) is 0 Å². The van der Waals surface area contributed by atoms with Crippen molar-refractivity contribution in [2.24, 2.45) is 0 Å². The Bertz CT molecular complexity index is 638. The molecule has 0 aliphatic carbocycles. The third-order valence-electron chi connectivity index (χ3n) is 2.99. The van der Waals surface area contributed by atoms with Crippen molar-refractivity contribution in [1.82, 2.24) is 14.3 Å². The van der Waals surface area contributed by atoms with Crippen LogP contribution in [-0.4, -0.2) is 29.7 Å². The topological polar surface area (TPSA) is 66.1 Å². The van der Waals surface area contributed by atoms with Crippen molar-refractivity contribution in [1.29, 1.82) is 0 Å². The number of benzene rings is 1. The maximum absolute atomic E-state index is 12.9. The summed E-state index contributed by atoms with van der Waals surface area (Å²) in [5.74, 6) is -0.354. The van der Waals surface area contributed by atoms with E-state index in [0.717, 1.165) is 0 Å². The van der Waals surface area contributed by atoms with E-state index in [2.05, 4.69) is 9.97 Å². The predicted octanol–water partition coefficient (Wildman–Crippen LogP) is 1.93. The monoisotopic (exact) mass is 283 g/mol. The minimum Gasteiger partial charge on any atom is -0.334 e. The van der Waals surface area contributed by atoms with Crippen molar-refractivity contribution >= 4 is 10.0 Å². The lowest BCUT2D eigenvalue weighted by atomic mass is 10.1. The first kappa shape index (κ1) is 13.7. The zero-order chi connectivity index (χ0) is 14.0. The first-order chi connectivity index (χ1) is 8.93. The molecule has 0 spiro atoms. The van der Waals surface area contributed by atoms with E-state index in [1.807, 2.05) is 0 Å². The highest BCUT2D eigenvalue weighted by Crippen LogP contribution is 2.24. The molecule has 0 saturated heterocycles. The van der Waals surface area contributed by atoms with E-state index in [1.165, 1.54) is 35.9 Å². The summed E-state index contributed by atoms with van der Waals surface area (Å²) in [4.78, 5) is 6.33. The van der Waals surface area contributed by atoms with E-state index in [0.29, 0.717) is 5.56 Å². The van der Waals surface area contributed by atoms with Gasteiger partial charge in [0.05, 0.1) is 0 Å². The Morgan fingerprint density at radius 3 is 2.47 bits per heavy atom. The van der Waals surface area contributed by atoms with Gasteiger partial charge < -0.3 is 4.98 Å². The van der Waals surface area contributed by atoms with Gasteiger partial charge in [0.25, 0.3) is 10.0 Å². The zero-order valence-corrected chi connectivity index (χ0v) is 11.4. The molecule has 1 heterocycles. The van der Waals surface area contributed by atoms with E-state index in [-0.39, 0.29) is 11.0 Å². The van der Waals surface area contributed by atoms with Gasteiger partial charge in [-0.25, -0.2) is 17.8 Å². The van der Waals surface area contributed by atoms with E-state index in [4.69, 9.17) is 0 Å². The summed E-state index contributed by atoms with van der Waals surface area (Å²) in [5, 5.41) is -0.107. The second kappa shape index (κ2) is 5.10. The average molecular weight is 283 g/mol. The summed E-state index contributed by atoms with van der Waals surface area (Å²) in [5.41, 5.74) is 0.707. The molecule has 1 N–H and O–H groups in total. The molecule has 5 nitrogen and oxygen atoms in total. The molecule has 0 radical (unpaired) electrons. The number of aromatic nitrogens is 2. The highest BCUT2D eigenvalue weighted by atomic mass is 32.2. The third-order valence-corrected chi connectivity index (χ3v) is 4.78. The fourth-order valence-corrected chi connectivity index (χ4v) is 2.91. The van der Waals surface area contributed by atoms with Crippen LogP contribution in [0.3, 0.4) is 0 Å². The Balaban J connectivity index is 2.29. The molecule has 19 heavy (non-hydrogen) atoms. The van der Waals surface area contributed by atoms with Crippen molar-refractivity contribution in [3.8, 4) is 0 Å². The lowest BCUT2D eigenvalue weighted by Crippen LogP contribution is -2.30. The number of sulfonamides is 1. The first-order valence-corrected chi connectivity index (χ1v) is 7.10. The van der Waals surface area contributed by atoms with Gasteiger partial charge in [-0.05, 0) is 24.6 Å². The Morgan fingerprint density at radius 2 is 1.95 bits per heavy atom. The van der Waals surface area contributed by atoms with Gasteiger partial charge in [0.1, 0.15) is 5.82 Å². The fraction of sp³-hybridized carbons (Fsp3) is 0.250. The molecule has 0 amide bonds. The minimum atomic E-state index is -3.68. The number of H-pyrrole nitrogens is 1.